The third-order valence-electron chi connectivity index (χ3n) is 1.89. The lowest BCUT2D eigenvalue weighted by molar-refractivity contribution is 0.0525. The van der Waals surface area contributed by atoms with Crippen LogP contribution < -0.4 is 0 Å². The summed E-state index contributed by atoms with van der Waals surface area (Å²) >= 11 is 3.29. The van der Waals surface area contributed by atoms with Crippen molar-refractivity contribution in [3.8, 4) is 0 Å². The maximum absolute atomic E-state index is 11.6. The molecule has 0 heterocycles. The van der Waals surface area contributed by atoms with Crippen LogP contribution in [0.3, 0.4) is 0 Å². The zero-order valence-corrected chi connectivity index (χ0v) is 10.2. The number of rotatable bonds is 4. The standard InChI is InChI=1S/C12H13BrO2/c1-3-15-12(14)11-7-5-4-6-10(11)8-9(2)13/h4-7H,2-3,8H2,1H3. The Balaban J connectivity index is 2.95. The molecule has 0 aromatic heterocycles. The Labute approximate surface area is 98.1 Å². The Bertz CT molecular complexity index is 372. The Morgan fingerprint density at radius 2 is 2.13 bits per heavy atom. The molecule has 0 bridgehead atoms. The zero-order valence-electron chi connectivity index (χ0n) is 8.63. The molecule has 0 radical (unpaired) electrons. The molecule has 0 aliphatic heterocycles. The predicted octanol–water partition coefficient (Wildman–Crippen LogP) is 3.31. The van der Waals surface area contributed by atoms with Gasteiger partial charge in [-0.25, -0.2) is 4.79 Å². The van der Waals surface area contributed by atoms with Crippen LogP contribution in [0.15, 0.2) is 35.3 Å². The highest BCUT2D eigenvalue weighted by atomic mass is 79.9. The molecule has 0 amide bonds. The van der Waals surface area contributed by atoms with E-state index >= 15 is 0 Å². The number of allylic oxidation sites excluding steroid dienone is 1. The minimum absolute atomic E-state index is 0.276. The van der Waals surface area contributed by atoms with Crippen molar-refractivity contribution in [1.82, 2.24) is 0 Å². The fourth-order valence-corrected chi connectivity index (χ4v) is 1.59. The third kappa shape index (κ3) is 3.51. The number of hydrogen-bond acceptors (Lipinski definition) is 2. The van der Waals surface area contributed by atoms with Crippen LogP contribution in [-0.2, 0) is 11.2 Å². The van der Waals surface area contributed by atoms with E-state index in [0.717, 1.165) is 10.0 Å². The molecule has 0 fully saturated rings. The van der Waals surface area contributed by atoms with E-state index in [9.17, 15) is 4.79 Å². The summed E-state index contributed by atoms with van der Waals surface area (Å²) in [5.74, 6) is -0.276. The van der Waals surface area contributed by atoms with Gasteiger partial charge in [-0.3, -0.25) is 0 Å². The normalized spacial score (nSPS) is 9.73. The minimum atomic E-state index is -0.276. The average molecular weight is 269 g/mol. The maximum Gasteiger partial charge on any atom is 0.338 e. The van der Waals surface area contributed by atoms with Gasteiger partial charge in [0.2, 0.25) is 0 Å². The Kier molecular flexibility index (Phi) is 4.56. The molecule has 2 nitrogen and oxygen atoms in total. The van der Waals surface area contributed by atoms with Crippen molar-refractivity contribution in [3.05, 3.63) is 46.5 Å². The minimum Gasteiger partial charge on any atom is -0.462 e. The Morgan fingerprint density at radius 1 is 1.47 bits per heavy atom. The molecular weight excluding hydrogens is 256 g/mol. The fourth-order valence-electron chi connectivity index (χ4n) is 1.29. The first-order chi connectivity index (χ1) is 7.15. The van der Waals surface area contributed by atoms with E-state index in [1.807, 2.05) is 18.2 Å². The van der Waals surface area contributed by atoms with Gasteiger partial charge in [0.05, 0.1) is 12.2 Å². The summed E-state index contributed by atoms with van der Waals surface area (Å²) in [6.07, 6.45) is 0.634. The van der Waals surface area contributed by atoms with Crippen LogP contribution in [-0.4, -0.2) is 12.6 Å². The lowest BCUT2D eigenvalue weighted by Gasteiger charge is -2.07. The van der Waals surface area contributed by atoms with E-state index in [-0.39, 0.29) is 5.97 Å². The fraction of sp³-hybridized carbons (Fsp3) is 0.250. The summed E-state index contributed by atoms with van der Waals surface area (Å²) in [6.45, 7) is 5.95. The lowest BCUT2D eigenvalue weighted by Crippen LogP contribution is -2.07. The molecule has 0 aliphatic carbocycles. The third-order valence-corrected chi connectivity index (χ3v) is 2.18. The number of ether oxygens (including phenoxy) is 1. The van der Waals surface area contributed by atoms with E-state index in [4.69, 9.17) is 4.74 Å². The summed E-state index contributed by atoms with van der Waals surface area (Å²) in [6, 6.07) is 7.39. The van der Waals surface area contributed by atoms with Gasteiger partial charge in [0, 0.05) is 6.42 Å². The van der Waals surface area contributed by atoms with Gasteiger partial charge in [0.25, 0.3) is 0 Å². The van der Waals surface area contributed by atoms with Crippen LogP contribution >= 0.6 is 15.9 Å². The Morgan fingerprint density at radius 3 is 2.73 bits per heavy atom. The average Bonchev–Trinajstić information content (AvgIpc) is 2.18. The summed E-state index contributed by atoms with van der Waals surface area (Å²) in [5, 5.41) is 0. The molecule has 0 atom stereocenters. The quantitative estimate of drug-likeness (QED) is 0.784. The number of halogens is 1. The van der Waals surface area contributed by atoms with Crippen molar-refractivity contribution < 1.29 is 9.53 Å². The largest absolute Gasteiger partial charge is 0.462 e. The van der Waals surface area contributed by atoms with Gasteiger partial charge in [-0.15, -0.1) is 0 Å². The summed E-state index contributed by atoms with van der Waals surface area (Å²) in [5.41, 5.74) is 1.54. The van der Waals surface area contributed by atoms with Crippen LogP contribution in [0, 0.1) is 0 Å². The van der Waals surface area contributed by atoms with Crippen LogP contribution in [0.1, 0.15) is 22.8 Å². The molecule has 0 saturated heterocycles. The SMILES string of the molecule is C=C(Br)Cc1ccccc1C(=O)OCC. The molecule has 0 N–H and O–H groups in total. The molecular formula is C12H13BrO2. The number of carbonyl (C=O) groups is 1. The molecule has 1 rings (SSSR count). The summed E-state index contributed by atoms with van der Waals surface area (Å²) in [4.78, 5) is 11.6. The van der Waals surface area contributed by atoms with E-state index in [1.54, 1.807) is 13.0 Å². The molecule has 3 heteroatoms. The van der Waals surface area contributed by atoms with Gasteiger partial charge in [0.15, 0.2) is 0 Å². The Hall–Kier alpha value is -1.09. The van der Waals surface area contributed by atoms with E-state index < -0.39 is 0 Å². The van der Waals surface area contributed by atoms with Crippen molar-refractivity contribution in [2.24, 2.45) is 0 Å². The lowest BCUT2D eigenvalue weighted by atomic mass is 10.0. The van der Waals surface area contributed by atoms with E-state index in [2.05, 4.69) is 22.5 Å². The molecule has 0 aliphatic rings. The molecule has 15 heavy (non-hydrogen) atoms. The van der Waals surface area contributed by atoms with Crippen LogP contribution in [0.25, 0.3) is 0 Å². The molecule has 0 unspecified atom stereocenters. The highest BCUT2D eigenvalue weighted by Gasteiger charge is 2.11. The van der Waals surface area contributed by atoms with Crippen molar-refractivity contribution in [1.29, 1.82) is 0 Å². The second-order valence-corrected chi connectivity index (χ2v) is 4.19. The van der Waals surface area contributed by atoms with Gasteiger partial charge < -0.3 is 4.74 Å². The molecule has 0 spiro atoms. The monoisotopic (exact) mass is 268 g/mol. The van der Waals surface area contributed by atoms with Crippen molar-refractivity contribution in [2.75, 3.05) is 6.61 Å². The van der Waals surface area contributed by atoms with Crippen molar-refractivity contribution >= 4 is 21.9 Å². The van der Waals surface area contributed by atoms with Crippen LogP contribution in [0.2, 0.25) is 0 Å². The number of esters is 1. The predicted molar refractivity (Wildman–Crippen MR) is 64.2 cm³/mol. The van der Waals surface area contributed by atoms with Gasteiger partial charge in [-0.05, 0) is 23.0 Å². The molecule has 0 saturated carbocycles. The molecule has 1 aromatic carbocycles. The van der Waals surface area contributed by atoms with E-state index in [0.29, 0.717) is 18.6 Å². The number of carbonyl (C=O) groups excluding carboxylic acids is 1. The van der Waals surface area contributed by atoms with Crippen molar-refractivity contribution in [3.63, 3.8) is 0 Å². The zero-order chi connectivity index (χ0) is 11.3. The van der Waals surface area contributed by atoms with E-state index in [1.165, 1.54) is 0 Å². The van der Waals surface area contributed by atoms with Gasteiger partial charge in [0.1, 0.15) is 0 Å². The van der Waals surface area contributed by atoms with Crippen molar-refractivity contribution in [2.45, 2.75) is 13.3 Å². The molecule has 80 valence electrons. The first-order valence-corrected chi connectivity index (χ1v) is 5.52. The first kappa shape index (κ1) is 12.0. The maximum atomic E-state index is 11.6. The highest BCUT2D eigenvalue weighted by Crippen LogP contribution is 2.16. The highest BCUT2D eigenvalue weighted by molar-refractivity contribution is 9.11. The summed E-state index contributed by atoms with van der Waals surface area (Å²) < 4.78 is 5.81. The van der Waals surface area contributed by atoms with Crippen LogP contribution in [0.5, 0.6) is 0 Å². The van der Waals surface area contributed by atoms with Gasteiger partial charge in [-0.2, -0.15) is 0 Å². The smallest absolute Gasteiger partial charge is 0.338 e. The number of hydrogen-bond donors (Lipinski definition) is 0. The second kappa shape index (κ2) is 5.71. The number of benzene rings is 1. The van der Waals surface area contributed by atoms with Gasteiger partial charge >= 0.3 is 5.97 Å². The van der Waals surface area contributed by atoms with Gasteiger partial charge in [-0.1, -0.05) is 40.7 Å². The molecule has 1 aromatic rings. The first-order valence-electron chi connectivity index (χ1n) is 4.73. The van der Waals surface area contributed by atoms with Crippen LogP contribution in [0.4, 0.5) is 0 Å². The summed E-state index contributed by atoms with van der Waals surface area (Å²) in [7, 11) is 0. The topological polar surface area (TPSA) is 26.3 Å². The second-order valence-electron chi connectivity index (χ2n) is 3.07.